The molecule has 3 aromatic rings. The van der Waals surface area contributed by atoms with Gasteiger partial charge in [-0.2, -0.15) is 0 Å². The van der Waals surface area contributed by atoms with E-state index in [2.05, 4.69) is 40.1 Å². The number of hydrogen-bond donors (Lipinski definition) is 2. The van der Waals surface area contributed by atoms with Crippen molar-refractivity contribution in [2.45, 2.75) is 13.5 Å². The van der Waals surface area contributed by atoms with E-state index in [0.29, 0.717) is 6.54 Å². The first-order valence-electron chi connectivity index (χ1n) is 5.87. The number of nitrogens with zero attached hydrogens (tertiary/aromatic N) is 2. The lowest BCUT2D eigenvalue weighted by Crippen LogP contribution is -2.00. The fraction of sp³-hybridized carbons (Fsp3) is 0.143. The van der Waals surface area contributed by atoms with E-state index in [0.717, 1.165) is 27.9 Å². The number of aromatic nitrogens is 3. The van der Waals surface area contributed by atoms with Crippen molar-refractivity contribution >= 4 is 10.9 Å². The zero-order valence-electron chi connectivity index (χ0n) is 10.1. The monoisotopic (exact) mass is 238 g/mol. The van der Waals surface area contributed by atoms with E-state index in [9.17, 15) is 0 Å². The van der Waals surface area contributed by atoms with Gasteiger partial charge in [-0.05, 0) is 18.6 Å². The topological polar surface area (TPSA) is 67.6 Å². The van der Waals surface area contributed by atoms with Crippen molar-refractivity contribution in [1.29, 1.82) is 0 Å². The highest BCUT2D eigenvalue weighted by Crippen LogP contribution is 2.27. The molecule has 2 heterocycles. The number of aryl methyl sites for hydroxylation is 1. The van der Waals surface area contributed by atoms with Gasteiger partial charge < -0.3 is 10.7 Å². The van der Waals surface area contributed by atoms with Crippen molar-refractivity contribution in [1.82, 2.24) is 15.0 Å². The van der Waals surface area contributed by atoms with Gasteiger partial charge in [0.1, 0.15) is 0 Å². The van der Waals surface area contributed by atoms with Crippen LogP contribution in [0.3, 0.4) is 0 Å². The first-order chi connectivity index (χ1) is 8.78. The Balaban J connectivity index is 2.19. The average molecular weight is 238 g/mol. The molecule has 3 rings (SSSR count). The van der Waals surface area contributed by atoms with Crippen LogP contribution in [0.5, 0.6) is 0 Å². The van der Waals surface area contributed by atoms with Gasteiger partial charge in [0.15, 0.2) is 0 Å². The lowest BCUT2D eigenvalue weighted by Gasteiger charge is -2.01. The van der Waals surface area contributed by atoms with Gasteiger partial charge in [0, 0.05) is 35.4 Å². The molecule has 90 valence electrons. The average Bonchev–Trinajstić information content (AvgIpc) is 2.81. The molecule has 0 aliphatic heterocycles. The molecular formula is C14H14N4. The molecule has 0 unspecified atom stereocenters. The Morgan fingerprint density at radius 1 is 1.28 bits per heavy atom. The maximum absolute atomic E-state index is 5.59. The minimum atomic E-state index is 0.405. The van der Waals surface area contributed by atoms with Crippen LogP contribution in [0, 0.1) is 6.92 Å². The summed E-state index contributed by atoms with van der Waals surface area (Å²) in [6.45, 7) is 2.48. The number of rotatable bonds is 2. The number of hydrogen-bond acceptors (Lipinski definition) is 3. The van der Waals surface area contributed by atoms with Crippen LogP contribution in [0.2, 0.25) is 0 Å². The standard InChI is InChI=1S/C14H14N4/c1-9-2-3-11-12(7-17-13(11)4-9)14-8-16-6-10(5-15)18-14/h2-4,6-8,17H,5,15H2,1H3. The van der Waals surface area contributed by atoms with Gasteiger partial charge in [-0.1, -0.05) is 12.1 Å². The molecule has 0 atom stereocenters. The highest BCUT2D eigenvalue weighted by molar-refractivity contribution is 5.94. The van der Waals surface area contributed by atoms with Gasteiger partial charge in [-0.15, -0.1) is 0 Å². The second-order valence-corrected chi connectivity index (χ2v) is 4.35. The largest absolute Gasteiger partial charge is 0.360 e. The molecule has 0 bridgehead atoms. The molecule has 0 amide bonds. The Kier molecular flexibility index (Phi) is 2.57. The minimum Gasteiger partial charge on any atom is -0.360 e. The first-order valence-corrected chi connectivity index (χ1v) is 5.87. The Morgan fingerprint density at radius 3 is 3.00 bits per heavy atom. The SMILES string of the molecule is Cc1ccc2c(-c3cncc(CN)n3)c[nH]c2c1. The zero-order valence-corrected chi connectivity index (χ0v) is 10.1. The van der Waals surface area contributed by atoms with Crippen LogP contribution in [-0.2, 0) is 6.54 Å². The second kappa shape index (κ2) is 4.23. The van der Waals surface area contributed by atoms with Crippen LogP contribution in [0.1, 0.15) is 11.3 Å². The van der Waals surface area contributed by atoms with Gasteiger partial charge in [-0.25, -0.2) is 4.98 Å². The molecule has 0 spiro atoms. The summed E-state index contributed by atoms with van der Waals surface area (Å²) >= 11 is 0. The molecule has 0 radical (unpaired) electrons. The molecule has 4 nitrogen and oxygen atoms in total. The van der Waals surface area contributed by atoms with E-state index < -0.39 is 0 Å². The Hall–Kier alpha value is -2.20. The second-order valence-electron chi connectivity index (χ2n) is 4.35. The smallest absolute Gasteiger partial charge is 0.0910 e. The zero-order chi connectivity index (χ0) is 12.5. The molecule has 4 heteroatoms. The van der Waals surface area contributed by atoms with Crippen molar-refractivity contribution in [3.63, 3.8) is 0 Å². The summed E-state index contributed by atoms with van der Waals surface area (Å²) in [5.74, 6) is 0. The Morgan fingerprint density at radius 2 is 2.17 bits per heavy atom. The highest BCUT2D eigenvalue weighted by atomic mass is 14.8. The third-order valence-corrected chi connectivity index (χ3v) is 3.01. The maximum Gasteiger partial charge on any atom is 0.0910 e. The van der Waals surface area contributed by atoms with E-state index in [1.54, 1.807) is 12.4 Å². The lowest BCUT2D eigenvalue weighted by molar-refractivity contribution is 0.968. The number of H-pyrrole nitrogens is 1. The van der Waals surface area contributed by atoms with E-state index >= 15 is 0 Å². The maximum atomic E-state index is 5.59. The molecule has 0 aliphatic carbocycles. The summed E-state index contributed by atoms with van der Waals surface area (Å²) in [6, 6.07) is 6.33. The Labute approximate surface area is 105 Å². The summed E-state index contributed by atoms with van der Waals surface area (Å²) in [5.41, 5.74) is 10.7. The summed E-state index contributed by atoms with van der Waals surface area (Å²) in [6.07, 6.45) is 5.43. The Bertz CT molecular complexity index is 700. The van der Waals surface area contributed by atoms with E-state index in [-0.39, 0.29) is 0 Å². The van der Waals surface area contributed by atoms with Crippen LogP contribution in [0.25, 0.3) is 22.2 Å². The molecule has 0 saturated heterocycles. The molecule has 1 aromatic carbocycles. The predicted octanol–water partition coefficient (Wildman–Crippen LogP) is 2.39. The fourth-order valence-corrected chi connectivity index (χ4v) is 2.09. The first kappa shape index (κ1) is 10.9. The normalized spacial score (nSPS) is 11.0. The number of nitrogens with two attached hydrogens (primary N) is 1. The van der Waals surface area contributed by atoms with Crippen LogP contribution < -0.4 is 5.73 Å². The number of nitrogens with one attached hydrogen (secondary N) is 1. The van der Waals surface area contributed by atoms with Gasteiger partial charge in [0.25, 0.3) is 0 Å². The van der Waals surface area contributed by atoms with Gasteiger partial charge >= 0.3 is 0 Å². The van der Waals surface area contributed by atoms with E-state index in [4.69, 9.17) is 5.73 Å². The molecule has 3 N–H and O–H groups in total. The van der Waals surface area contributed by atoms with Crippen molar-refractivity contribution in [3.05, 3.63) is 48.0 Å². The minimum absolute atomic E-state index is 0.405. The van der Waals surface area contributed by atoms with E-state index in [1.807, 2.05) is 6.20 Å². The molecule has 0 saturated carbocycles. The molecule has 2 aromatic heterocycles. The number of aromatic amines is 1. The van der Waals surface area contributed by atoms with Gasteiger partial charge in [0.2, 0.25) is 0 Å². The predicted molar refractivity (Wildman–Crippen MR) is 72.0 cm³/mol. The lowest BCUT2D eigenvalue weighted by atomic mass is 10.1. The quantitative estimate of drug-likeness (QED) is 0.720. The number of benzene rings is 1. The van der Waals surface area contributed by atoms with Crippen molar-refractivity contribution < 1.29 is 0 Å². The third-order valence-electron chi connectivity index (χ3n) is 3.01. The summed E-state index contributed by atoms with van der Waals surface area (Å²) < 4.78 is 0. The van der Waals surface area contributed by atoms with Crippen molar-refractivity contribution in [3.8, 4) is 11.3 Å². The van der Waals surface area contributed by atoms with Crippen molar-refractivity contribution in [2.75, 3.05) is 0 Å². The number of fused-ring (bicyclic) bond motifs is 1. The van der Waals surface area contributed by atoms with Crippen LogP contribution in [0.15, 0.2) is 36.8 Å². The fourth-order valence-electron chi connectivity index (χ4n) is 2.09. The summed E-state index contributed by atoms with van der Waals surface area (Å²) in [4.78, 5) is 11.9. The van der Waals surface area contributed by atoms with Gasteiger partial charge in [0.05, 0.1) is 17.6 Å². The molecular weight excluding hydrogens is 224 g/mol. The third kappa shape index (κ3) is 1.76. The van der Waals surface area contributed by atoms with Gasteiger partial charge in [-0.3, -0.25) is 4.98 Å². The van der Waals surface area contributed by atoms with Crippen LogP contribution in [-0.4, -0.2) is 15.0 Å². The molecule has 18 heavy (non-hydrogen) atoms. The van der Waals surface area contributed by atoms with Crippen molar-refractivity contribution in [2.24, 2.45) is 5.73 Å². The molecule has 0 aliphatic rings. The van der Waals surface area contributed by atoms with E-state index in [1.165, 1.54) is 5.56 Å². The highest BCUT2D eigenvalue weighted by Gasteiger charge is 2.08. The molecule has 0 fully saturated rings. The van der Waals surface area contributed by atoms with Crippen LogP contribution >= 0.6 is 0 Å². The van der Waals surface area contributed by atoms with Crippen LogP contribution in [0.4, 0.5) is 0 Å². The summed E-state index contributed by atoms with van der Waals surface area (Å²) in [5, 5.41) is 1.16. The summed E-state index contributed by atoms with van der Waals surface area (Å²) in [7, 11) is 0.